The fourth-order valence-corrected chi connectivity index (χ4v) is 4.33. The lowest BCUT2D eigenvalue weighted by atomic mass is 10.1. The van der Waals surface area contributed by atoms with Gasteiger partial charge in [-0.2, -0.15) is 0 Å². The number of aromatic nitrogens is 1. The fraction of sp³-hybridized carbons (Fsp3) is 0.0400. The molecule has 0 aliphatic carbocycles. The van der Waals surface area contributed by atoms with Gasteiger partial charge in [-0.15, -0.1) is 0 Å². The average Bonchev–Trinajstić information content (AvgIpc) is 3.24. The third-order valence-electron chi connectivity index (χ3n) is 5.53. The predicted octanol–water partition coefficient (Wildman–Crippen LogP) is 6.99. The lowest BCUT2D eigenvalue weighted by Crippen LogP contribution is -1.93. The van der Waals surface area contributed by atoms with Crippen LogP contribution in [0.5, 0.6) is 0 Å². The number of rotatable bonds is 1. The molecule has 0 atom stereocenters. The molecule has 27 heavy (non-hydrogen) atoms. The number of aryl methyl sites for hydroxylation is 1. The molecule has 0 unspecified atom stereocenters. The van der Waals surface area contributed by atoms with E-state index in [4.69, 9.17) is 4.42 Å². The highest BCUT2D eigenvalue weighted by Gasteiger charge is 2.14. The summed E-state index contributed by atoms with van der Waals surface area (Å²) in [6.45, 7) is 2.14. The van der Waals surface area contributed by atoms with Gasteiger partial charge in [-0.1, -0.05) is 48.5 Å². The highest BCUT2D eigenvalue weighted by molar-refractivity contribution is 6.11. The lowest BCUT2D eigenvalue weighted by Gasteiger charge is -2.08. The second-order valence-corrected chi connectivity index (χ2v) is 7.10. The molecule has 0 saturated heterocycles. The van der Waals surface area contributed by atoms with E-state index in [1.807, 2.05) is 12.1 Å². The van der Waals surface area contributed by atoms with Gasteiger partial charge in [0.05, 0.1) is 11.0 Å². The van der Waals surface area contributed by atoms with Crippen LogP contribution in [0.1, 0.15) is 5.56 Å². The maximum absolute atomic E-state index is 6.07. The zero-order valence-electron chi connectivity index (χ0n) is 14.9. The van der Waals surface area contributed by atoms with Crippen molar-refractivity contribution < 1.29 is 4.42 Å². The topological polar surface area (TPSA) is 18.1 Å². The average molecular weight is 347 g/mol. The van der Waals surface area contributed by atoms with Crippen molar-refractivity contribution in [2.24, 2.45) is 0 Å². The van der Waals surface area contributed by atoms with E-state index in [9.17, 15) is 0 Å². The zero-order chi connectivity index (χ0) is 18.0. The second-order valence-electron chi connectivity index (χ2n) is 7.10. The highest BCUT2D eigenvalue weighted by Crippen LogP contribution is 2.36. The Morgan fingerprint density at radius 1 is 0.630 bits per heavy atom. The molecule has 0 aliphatic heterocycles. The summed E-state index contributed by atoms with van der Waals surface area (Å²) in [4.78, 5) is 0. The molecule has 0 N–H and O–H groups in total. The van der Waals surface area contributed by atoms with Crippen LogP contribution in [0.4, 0.5) is 0 Å². The molecule has 4 aromatic carbocycles. The first kappa shape index (κ1) is 14.6. The maximum atomic E-state index is 6.07. The summed E-state index contributed by atoms with van der Waals surface area (Å²) in [5.41, 5.74) is 6.73. The van der Waals surface area contributed by atoms with Crippen LogP contribution in [-0.2, 0) is 0 Å². The number of hydrogen-bond acceptors (Lipinski definition) is 1. The maximum Gasteiger partial charge on any atom is 0.135 e. The molecule has 0 saturated carbocycles. The van der Waals surface area contributed by atoms with Crippen molar-refractivity contribution in [3.05, 3.63) is 90.5 Å². The van der Waals surface area contributed by atoms with E-state index in [1.165, 1.54) is 38.1 Å². The molecule has 0 fully saturated rings. The van der Waals surface area contributed by atoms with Crippen molar-refractivity contribution in [1.82, 2.24) is 4.57 Å². The lowest BCUT2D eigenvalue weighted by molar-refractivity contribution is 0.668. The third kappa shape index (κ3) is 1.95. The van der Waals surface area contributed by atoms with Gasteiger partial charge in [-0.25, -0.2) is 0 Å². The van der Waals surface area contributed by atoms with Crippen LogP contribution in [0.25, 0.3) is 49.4 Å². The number of benzene rings is 4. The molecule has 2 nitrogen and oxygen atoms in total. The molecule has 0 spiro atoms. The Morgan fingerprint density at radius 3 is 2.07 bits per heavy atom. The Hall–Kier alpha value is -3.52. The Kier molecular flexibility index (Phi) is 2.84. The van der Waals surface area contributed by atoms with Gasteiger partial charge in [-0.05, 0) is 48.9 Å². The van der Waals surface area contributed by atoms with Gasteiger partial charge in [0, 0.05) is 27.2 Å². The first-order valence-electron chi connectivity index (χ1n) is 9.22. The Labute approximate surface area is 156 Å². The minimum atomic E-state index is 0.934. The minimum Gasteiger partial charge on any atom is -0.456 e. The molecule has 2 aromatic heterocycles. The van der Waals surface area contributed by atoms with Crippen LogP contribution >= 0.6 is 0 Å². The molecule has 0 bridgehead atoms. The molecule has 6 aromatic rings. The molecule has 2 heteroatoms. The van der Waals surface area contributed by atoms with Gasteiger partial charge >= 0.3 is 0 Å². The van der Waals surface area contributed by atoms with E-state index in [2.05, 4.69) is 84.3 Å². The summed E-state index contributed by atoms with van der Waals surface area (Å²) < 4.78 is 8.42. The van der Waals surface area contributed by atoms with Crippen LogP contribution in [0.2, 0.25) is 0 Å². The fourth-order valence-electron chi connectivity index (χ4n) is 4.33. The molecular formula is C25H17NO. The SMILES string of the molecule is Cc1cccc2oc3ccc(-n4c5ccccc5c5ccccc54)cc3c12. The van der Waals surface area contributed by atoms with Gasteiger partial charge in [0.25, 0.3) is 0 Å². The van der Waals surface area contributed by atoms with Crippen molar-refractivity contribution >= 4 is 43.7 Å². The van der Waals surface area contributed by atoms with Gasteiger partial charge in [0.2, 0.25) is 0 Å². The quantitative estimate of drug-likeness (QED) is 0.313. The van der Waals surface area contributed by atoms with Crippen molar-refractivity contribution in [3.8, 4) is 5.69 Å². The molecule has 128 valence electrons. The van der Waals surface area contributed by atoms with Crippen LogP contribution in [0, 0.1) is 6.92 Å². The number of fused-ring (bicyclic) bond motifs is 6. The Bertz CT molecular complexity index is 1430. The molecule has 2 heterocycles. The summed E-state index contributed by atoms with van der Waals surface area (Å²) in [7, 11) is 0. The van der Waals surface area contributed by atoms with E-state index in [0.717, 1.165) is 16.9 Å². The standard InChI is InChI=1S/C25H17NO/c1-16-7-6-12-24-25(16)20-15-17(13-14-23(20)27-24)26-21-10-4-2-8-18(21)19-9-3-5-11-22(19)26/h2-15H,1H3. The molecule has 0 radical (unpaired) electrons. The Balaban J connectivity index is 1.76. The van der Waals surface area contributed by atoms with Gasteiger partial charge < -0.3 is 8.98 Å². The van der Waals surface area contributed by atoms with Crippen molar-refractivity contribution in [3.63, 3.8) is 0 Å². The number of para-hydroxylation sites is 2. The minimum absolute atomic E-state index is 0.934. The normalized spacial score (nSPS) is 11.9. The monoisotopic (exact) mass is 347 g/mol. The largest absolute Gasteiger partial charge is 0.456 e. The highest BCUT2D eigenvalue weighted by atomic mass is 16.3. The van der Waals surface area contributed by atoms with E-state index in [1.54, 1.807) is 0 Å². The Morgan fingerprint density at radius 2 is 1.33 bits per heavy atom. The van der Waals surface area contributed by atoms with Gasteiger partial charge in [-0.3, -0.25) is 0 Å². The van der Waals surface area contributed by atoms with Crippen molar-refractivity contribution in [2.75, 3.05) is 0 Å². The van der Waals surface area contributed by atoms with Crippen molar-refractivity contribution in [1.29, 1.82) is 0 Å². The van der Waals surface area contributed by atoms with E-state index < -0.39 is 0 Å². The first-order valence-corrected chi connectivity index (χ1v) is 9.22. The molecular weight excluding hydrogens is 330 g/mol. The summed E-state index contributed by atoms with van der Waals surface area (Å²) in [5.74, 6) is 0. The van der Waals surface area contributed by atoms with Gasteiger partial charge in [0.1, 0.15) is 11.2 Å². The first-order chi connectivity index (χ1) is 13.3. The van der Waals surface area contributed by atoms with Crippen LogP contribution in [-0.4, -0.2) is 4.57 Å². The summed E-state index contributed by atoms with van der Waals surface area (Å²) in [6.07, 6.45) is 0. The zero-order valence-corrected chi connectivity index (χ0v) is 14.9. The number of nitrogens with zero attached hydrogens (tertiary/aromatic N) is 1. The van der Waals surface area contributed by atoms with Crippen LogP contribution < -0.4 is 0 Å². The summed E-state index contributed by atoms with van der Waals surface area (Å²) in [5, 5.41) is 4.93. The van der Waals surface area contributed by atoms with E-state index in [-0.39, 0.29) is 0 Å². The van der Waals surface area contributed by atoms with E-state index >= 15 is 0 Å². The number of furan rings is 1. The van der Waals surface area contributed by atoms with Crippen LogP contribution in [0.15, 0.2) is 89.3 Å². The molecule has 6 rings (SSSR count). The van der Waals surface area contributed by atoms with Crippen molar-refractivity contribution in [2.45, 2.75) is 6.92 Å². The third-order valence-corrected chi connectivity index (χ3v) is 5.53. The molecule has 0 amide bonds. The van der Waals surface area contributed by atoms with E-state index in [0.29, 0.717) is 0 Å². The second kappa shape index (κ2) is 5.24. The predicted molar refractivity (Wildman–Crippen MR) is 113 cm³/mol. The number of hydrogen-bond donors (Lipinski definition) is 0. The van der Waals surface area contributed by atoms with Gasteiger partial charge in [0.15, 0.2) is 0 Å². The smallest absolute Gasteiger partial charge is 0.135 e. The summed E-state index contributed by atoms with van der Waals surface area (Å²) >= 11 is 0. The molecule has 0 aliphatic rings. The van der Waals surface area contributed by atoms with Crippen LogP contribution in [0.3, 0.4) is 0 Å². The summed E-state index contributed by atoms with van der Waals surface area (Å²) in [6, 6.07) is 29.9.